The lowest BCUT2D eigenvalue weighted by atomic mass is 10.3. The van der Waals surface area contributed by atoms with Crippen LogP contribution < -0.4 is 0 Å². The molecule has 0 N–H and O–H groups in total. The molecule has 4 heterocycles. The number of nitrogens with zero attached hydrogens (tertiary/aromatic N) is 5. The lowest BCUT2D eigenvalue weighted by molar-refractivity contribution is 0.0365. The van der Waals surface area contributed by atoms with E-state index >= 15 is 0 Å². The van der Waals surface area contributed by atoms with Gasteiger partial charge < -0.3 is 9.30 Å². The van der Waals surface area contributed by atoms with Gasteiger partial charge in [0.05, 0.1) is 13.2 Å². The van der Waals surface area contributed by atoms with Crippen LogP contribution in [0.2, 0.25) is 0 Å². The Labute approximate surface area is 134 Å². The minimum Gasteiger partial charge on any atom is -0.379 e. The van der Waals surface area contributed by atoms with Crippen LogP contribution in [0.4, 0.5) is 0 Å². The zero-order valence-electron chi connectivity index (χ0n) is 12.9. The molecule has 1 aliphatic heterocycles. The van der Waals surface area contributed by atoms with Gasteiger partial charge in [-0.05, 0) is 24.3 Å². The van der Waals surface area contributed by atoms with Crippen LogP contribution in [0.25, 0.3) is 22.7 Å². The van der Waals surface area contributed by atoms with Crippen molar-refractivity contribution >= 4 is 11.2 Å². The van der Waals surface area contributed by atoms with Crippen LogP contribution >= 0.6 is 0 Å². The lowest BCUT2D eigenvalue weighted by Gasteiger charge is -2.26. The van der Waals surface area contributed by atoms with E-state index < -0.39 is 0 Å². The van der Waals surface area contributed by atoms with Gasteiger partial charge in [0.25, 0.3) is 0 Å². The smallest absolute Gasteiger partial charge is 0.161 e. The van der Waals surface area contributed by atoms with Crippen molar-refractivity contribution in [2.24, 2.45) is 0 Å². The van der Waals surface area contributed by atoms with E-state index in [1.165, 1.54) is 0 Å². The lowest BCUT2D eigenvalue weighted by Crippen LogP contribution is -2.38. The predicted molar refractivity (Wildman–Crippen MR) is 88.0 cm³/mol. The van der Waals surface area contributed by atoms with Crippen LogP contribution in [0, 0.1) is 0 Å². The Balaban J connectivity index is 1.68. The second kappa shape index (κ2) is 6.44. The number of rotatable bonds is 4. The molecule has 1 saturated heterocycles. The van der Waals surface area contributed by atoms with Gasteiger partial charge in [-0.15, -0.1) is 0 Å². The summed E-state index contributed by atoms with van der Waals surface area (Å²) in [6.07, 6.45) is 3.62. The van der Waals surface area contributed by atoms with Gasteiger partial charge in [0.2, 0.25) is 0 Å². The van der Waals surface area contributed by atoms with Crippen molar-refractivity contribution in [2.75, 3.05) is 32.8 Å². The first kappa shape index (κ1) is 14.3. The molecular weight excluding hydrogens is 290 g/mol. The highest BCUT2D eigenvalue weighted by Crippen LogP contribution is 2.21. The van der Waals surface area contributed by atoms with E-state index in [1.807, 2.05) is 36.5 Å². The fraction of sp³-hybridized carbons (Fsp3) is 0.353. The second-order valence-corrected chi connectivity index (χ2v) is 5.60. The Morgan fingerprint density at radius 3 is 2.65 bits per heavy atom. The van der Waals surface area contributed by atoms with Crippen molar-refractivity contribution in [2.45, 2.75) is 6.54 Å². The standard InChI is InChI=1S/C17H19N5O/c1-2-6-18-14(4-1)17-20-15-5-3-7-19-16(15)22(17)9-8-21-10-12-23-13-11-21/h1-7H,8-13H2. The number of fused-ring (bicyclic) bond motifs is 1. The molecule has 0 aromatic carbocycles. The Bertz CT molecular complexity index is 780. The second-order valence-electron chi connectivity index (χ2n) is 5.60. The Morgan fingerprint density at radius 2 is 1.83 bits per heavy atom. The molecule has 0 atom stereocenters. The summed E-state index contributed by atoms with van der Waals surface area (Å²) in [6.45, 7) is 5.41. The zero-order valence-corrected chi connectivity index (χ0v) is 12.9. The summed E-state index contributed by atoms with van der Waals surface area (Å²) in [4.78, 5) is 16.1. The molecule has 0 amide bonds. The third kappa shape index (κ3) is 2.95. The highest BCUT2D eigenvalue weighted by atomic mass is 16.5. The van der Waals surface area contributed by atoms with Gasteiger partial charge >= 0.3 is 0 Å². The molecule has 118 valence electrons. The molecule has 0 saturated carbocycles. The van der Waals surface area contributed by atoms with Crippen LogP contribution in [-0.2, 0) is 11.3 Å². The van der Waals surface area contributed by atoms with Gasteiger partial charge in [0.1, 0.15) is 11.2 Å². The zero-order chi connectivity index (χ0) is 15.5. The fourth-order valence-electron chi connectivity index (χ4n) is 2.93. The number of hydrogen-bond acceptors (Lipinski definition) is 5. The summed E-state index contributed by atoms with van der Waals surface area (Å²) in [6, 6.07) is 9.82. The average Bonchev–Trinajstić information content (AvgIpc) is 3.00. The van der Waals surface area contributed by atoms with E-state index in [2.05, 4.69) is 19.4 Å². The molecule has 23 heavy (non-hydrogen) atoms. The first-order valence-electron chi connectivity index (χ1n) is 7.94. The first-order chi connectivity index (χ1) is 11.4. The molecule has 0 radical (unpaired) electrons. The van der Waals surface area contributed by atoms with Gasteiger partial charge in [-0.25, -0.2) is 9.97 Å². The maximum Gasteiger partial charge on any atom is 0.161 e. The van der Waals surface area contributed by atoms with Gasteiger partial charge in [0, 0.05) is 38.6 Å². The van der Waals surface area contributed by atoms with Crippen LogP contribution in [-0.4, -0.2) is 57.3 Å². The van der Waals surface area contributed by atoms with Gasteiger partial charge in [-0.3, -0.25) is 9.88 Å². The number of imidazole rings is 1. The summed E-state index contributed by atoms with van der Waals surface area (Å²) in [5, 5.41) is 0. The number of pyridine rings is 2. The number of morpholine rings is 1. The van der Waals surface area contributed by atoms with Crippen LogP contribution in [0.3, 0.4) is 0 Å². The van der Waals surface area contributed by atoms with E-state index in [4.69, 9.17) is 9.72 Å². The van der Waals surface area contributed by atoms with Crippen molar-refractivity contribution in [3.8, 4) is 11.5 Å². The quantitative estimate of drug-likeness (QED) is 0.736. The third-order valence-electron chi connectivity index (χ3n) is 4.14. The molecular formula is C17H19N5O. The van der Waals surface area contributed by atoms with Crippen molar-refractivity contribution in [1.29, 1.82) is 0 Å². The SMILES string of the molecule is c1ccc(-c2nc3cccnc3n2CCN2CCOCC2)nc1. The van der Waals surface area contributed by atoms with Gasteiger partial charge in [0.15, 0.2) is 11.5 Å². The highest BCUT2D eigenvalue weighted by Gasteiger charge is 2.16. The molecule has 4 rings (SSSR count). The molecule has 1 aliphatic rings. The van der Waals surface area contributed by atoms with Gasteiger partial charge in [-0.2, -0.15) is 0 Å². The van der Waals surface area contributed by atoms with Crippen molar-refractivity contribution < 1.29 is 4.74 Å². The van der Waals surface area contributed by atoms with Crippen LogP contribution in [0.5, 0.6) is 0 Å². The van der Waals surface area contributed by atoms with Crippen molar-refractivity contribution in [3.63, 3.8) is 0 Å². The van der Waals surface area contributed by atoms with Gasteiger partial charge in [-0.1, -0.05) is 6.07 Å². The normalized spacial score (nSPS) is 16.0. The molecule has 1 fully saturated rings. The Kier molecular flexibility index (Phi) is 4.00. The van der Waals surface area contributed by atoms with E-state index in [9.17, 15) is 0 Å². The number of hydrogen-bond donors (Lipinski definition) is 0. The molecule has 3 aromatic rings. The topological polar surface area (TPSA) is 56.1 Å². The summed E-state index contributed by atoms with van der Waals surface area (Å²) in [5.74, 6) is 0.882. The third-order valence-corrected chi connectivity index (χ3v) is 4.14. The Hall–Kier alpha value is -2.31. The predicted octanol–water partition coefficient (Wildman–Crippen LogP) is 1.83. The maximum absolute atomic E-state index is 5.42. The molecule has 0 spiro atoms. The molecule has 6 nitrogen and oxygen atoms in total. The number of aromatic nitrogens is 4. The summed E-state index contributed by atoms with van der Waals surface area (Å²) in [5.41, 5.74) is 2.71. The maximum atomic E-state index is 5.42. The first-order valence-corrected chi connectivity index (χ1v) is 7.94. The molecule has 3 aromatic heterocycles. The average molecular weight is 309 g/mol. The molecule has 6 heteroatoms. The summed E-state index contributed by atoms with van der Waals surface area (Å²) >= 11 is 0. The highest BCUT2D eigenvalue weighted by molar-refractivity contribution is 5.76. The monoisotopic (exact) mass is 309 g/mol. The Morgan fingerprint density at radius 1 is 0.957 bits per heavy atom. The van der Waals surface area contributed by atoms with Crippen LogP contribution in [0.1, 0.15) is 0 Å². The minimum absolute atomic E-state index is 0.816. The molecule has 0 bridgehead atoms. The van der Waals surface area contributed by atoms with Crippen molar-refractivity contribution in [1.82, 2.24) is 24.4 Å². The minimum atomic E-state index is 0.816. The van der Waals surface area contributed by atoms with Crippen LogP contribution in [0.15, 0.2) is 42.7 Å². The fourth-order valence-corrected chi connectivity index (χ4v) is 2.93. The van der Waals surface area contributed by atoms with E-state index in [0.29, 0.717) is 0 Å². The summed E-state index contributed by atoms with van der Waals surface area (Å²) in [7, 11) is 0. The van der Waals surface area contributed by atoms with Crippen molar-refractivity contribution in [3.05, 3.63) is 42.7 Å². The molecule has 0 unspecified atom stereocenters. The van der Waals surface area contributed by atoms with E-state index in [-0.39, 0.29) is 0 Å². The molecule has 0 aliphatic carbocycles. The van der Waals surface area contributed by atoms with E-state index in [1.54, 1.807) is 6.20 Å². The van der Waals surface area contributed by atoms with E-state index in [0.717, 1.165) is 62.1 Å². The summed E-state index contributed by atoms with van der Waals surface area (Å²) < 4.78 is 7.59. The largest absolute Gasteiger partial charge is 0.379 e. The number of ether oxygens (including phenoxy) is 1.